The Hall–Kier alpha value is -2.67. The number of nitrogens with one attached hydrogen (secondary N) is 3. The minimum absolute atomic E-state index is 0.185. The lowest BCUT2D eigenvalue weighted by Crippen LogP contribution is -2.34. The Kier molecular flexibility index (Phi) is 7.41. The van der Waals surface area contributed by atoms with Crippen LogP contribution in [0.15, 0.2) is 35.1 Å². The molecule has 0 unspecified atom stereocenters. The van der Waals surface area contributed by atoms with E-state index in [0.717, 1.165) is 17.7 Å². The predicted octanol–water partition coefficient (Wildman–Crippen LogP) is 3.72. The number of anilines is 1. The molecule has 3 rings (SSSR count). The number of nitrogens with zero attached hydrogens (tertiary/aromatic N) is 1. The molecule has 2 atom stereocenters. The van der Waals surface area contributed by atoms with Gasteiger partial charge in [-0.1, -0.05) is 38.8 Å². The van der Waals surface area contributed by atoms with Gasteiger partial charge in [0.25, 0.3) is 5.56 Å². The second kappa shape index (κ2) is 10.2. The van der Waals surface area contributed by atoms with E-state index in [1.165, 1.54) is 25.3 Å². The third kappa shape index (κ3) is 6.15. The average Bonchev–Trinajstić information content (AvgIpc) is 2.72. The van der Waals surface area contributed by atoms with Crippen LogP contribution in [0.25, 0.3) is 11.4 Å². The zero-order valence-electron chi connectivity index (χ0n) is 17.2. The third-order valence-corrected chi connectivity index (χ3v) is 5.30. The zero-order chi connectivity index (χ0) is 20.6. The number of amides is 2. The fourth-order valence-electron chi connectivity index (χ4n) is 3.65. The molecule has 1 saturated carbocycles. The molecule has 0 aliphatic heterocycles. The predicted molar refractivity (Wildman–Crippen MR) is 114 cm³/mol. The maximum absolute atomic E-state index is 12.2. The van der Waals surface area contributed by atoms with Crippen molar-refractivity contribution in [1.82, 2.24) is 15.3 Å². The summed E-state index contributed by atoms with van der Waals surface area (Å²) in [7, 11) is 0. The van der Waals surface area contributed by atoms with Gasteiger partial charge in [0.1, 0.15) is 5.82 Å². The van der Waals surface area contributed by atoms with Gasteiger partial charge in [-0.2, -0.15) is 0 Å². The van der Waals surface area contributed by atoms with Crippen LogP contribution in [-0.4, -0.2) is 35.3 Å². The number of hydrogen-bond donors (Lipinski definition) is 3. The normalized spacial score (nSPS) is 19.0. The van der Waals surface area contributed by atoms with Crippen molar-refractivity contribution < 1.29 is 9.53 Å². The van der Waals surface area contributed by atoms with Crippen molar-refractivity contribution in [3.8, 4) is 11.4 Å². The first kappa shape index (κ1) is 21.0. The van der Waals surface area contributed by atoms with E-state index in [-0.39, 0.29) is 11.6 Å². The summed E-state index contributed by atoms with van der Waals surface area (Å²) in [4.78, 5) is 31.2. The molecule has 0 bridgehead atoms. The number of hydrogen-bond acceptors (Lipinski definition) is 4. The van der Waals surface area contributed by atoms with Crippen LogP contribution in [0.4, 0.5) is 10.5 Å². The number of ether oxygens (including phenoxy) is 1. The van der Waals surface area contributed by atoms with Gasteiger partial charge in [-0.15, -0.1) is 0 Å². The Balaban J connectivity index is 1.51. The lowest BCUT2D eigenvalue weighted by molar-refractivity contribution is -0.00232. The van der Waals surface area contributed by atoms with E-state index >= 15 is 0 Å². The maximum atomic E-state index is 12.2. The molecule has 2 amide bonds. The van der Waals surface area contributed by atoms with Gasteiger partial charge in [-0.25, -0.2) is 9.78 Å². The number of benzene rings is 1. The Morgan fingerprint density at radius 2 is 2.10 bits per heavy atom. The standard InChI is InChI=1S/C22H30N4O3/c1-3-17-14-20(27)26-21(24-17)16-8-6-9-18(13-16)25-22(28)23-11-12-29-19-10-5-4-7-15(19)2/h6,8-9,13-15,19H,3-5,7,10-12H2,1-2H3,(H2,23,25,28)(H,24,26,27)/t15-,19-/m1/s1. The van der Waals surface area contributed by atoms with Crippen molar-refractivity contribution >= 4 is 11.7 Å². The Morgan fingerprint density at radius 1 is 1.28 bits per heavy atom. The topological polar surface area (TPSA) is 96.1 Å². The van der Waals surface area contributed by atoms with Crippen molar-refractivity contribution in [3.05, 3.63) is 46.4 Å². The van der Waals surface area contributed by atoms with Crippen LogP contribution in [0, 0.1) is 5.92 Å². The monoisotopic (exact) mass is 398 g/mol. The van der Waals surface area contributed by atoms with Crippen molar-refractivity contribution in [3.63, 3.8) is 0 Å². The summed E-state index contributed by atoms with van der Waals surface area (Å²) >= 11 is 0. The Morgan fingerprint density at radius 3 is 2.90 bits per heavy atom. The van der Waals surface area contributed by atoms with Crippen LogP contribution in [0.5, 0.6) is 0 Å². The first-order chi connectivity index (χ1) is 14.0. The first-order valence-electron chi connectivity index (χ1n) is 10.4. The van der Waals surface area contributed by atoms with Crippen LogP contribution >= 0.6 is 0 Å². The van der Waals surface area contributed by atoms with Gasteiger partial charge < -0.3 is 20.4 Å². The van der Waals surface area contributed by atoms with Gasteiger partial charge in [0.15, 0.2) is 0 Å². The highest BCUT2D eigenvalue weighted by Crippen LogP contribution is 2.26. The molecule has 0 spiro atoms. The smallest absolute Gasteiger partial charge is 0.319 e. The Labute approximate surface area is 171 Å². The summed E-state index contributed by atoms with van der Waals surface area (Å²) in [5.74, 6) is 1.08. The van der Waals surface area contributed by atoms with Crippen LogP contribution in [0.2, 0.25) is 0 Å². The molecular formula is C22H30N4O3. The molecule has 156 valence electrons. The summed E-state index contributed by atoms with van der Waals surface area (Å²) < 4.78 is 5.92. The SMILES string of the molecule is CCc1cc(=O)[nH]c(-c2cccc(NC(=O)NCCO[C@@H]3CCCC[C@H]3C)c2)n1. The van der Waals surface area contributed by atoms with E-state index in [1.54, 1.807) is 12.1 Å². The van der Waals surface area contributed by atoms with Gasteiger partial charge in [-0.05, 0) is 37.3 Å². The number of rotatable bonds is 7. The molecule has 2 aromatic rings. The van der Waals surface area contributed by atoms with Crippen molar-refractivity contribution in [1.29, 1.82) is 0 Å². The second-order valence-corrected chi connectivity index (χ2v) is 7.57. The van der Waals surface area contributed by atoms with Crippen LogP contribution in [0.1, 0.15) is 45.2 Å². The van der Waals surface area contributed by atoms with Gasteiger partial charge in [0.05, 0.1) is 12.7 Å². The van der Waals surface area contributed by atoms with Crippen molar-refractivity contribution in [2.24, 2.45) is 5.92 Å². The van der Waals surface area contributed by atoms with E-state index in [4.69, 9.17) is 4.74 Å². The molecule has 1 fully saturated rings. The minimum Gasteiger partial charge on any atom is -0.376 e. The van der Waals surface area contributed by atoms with E-state index in [2.05, 4.69) is 27.5 Å². The Bertz CT molecular complexity index is 880. The van der Waals surface area contributed by atoms with Crippen LogP contribution < -0.4 is 16.2 Å². The highest BCUT2D eigenvalue weighted by molar-refractivity contribution is 5.89. The molecular weight excluding hydrogens is 368 g/mol. The van der Waals surface area contributed by atoms with E-state index in [0.29, 0.717) is 43.1 Å². The molecule has 0 radical (unpaired) electrons. The minimum atomic E-state index is -0.286. The number of carbonyl (C=O) groups is 1. The molecule has 1 aliphatic carbocycles. The lowest BCUT2D eigenvalue weighted by atomic mass is 9.88. The summed E-state index contributed by atoms with van der Waals surface area (Å²) in [5, 5.41) is 5.64. The van der Waals surface area contributed by atoms with Gasteiger partial charge in [0.2, 0.25) is 0 Å². The molecule has 29 heavy (non-hydrogen) atoms. The molecule has 7 nitrogen and oxygen atoms in total. The largest absolute Gasteiger partial charge is 0.376 e. The first-order valence-corrected chi connectivity index (χ1v) is 10.4. The average molecular weight is 399 g/mol. The zero-order valence-corrected chi connectivity index (χ0v) is 17.2. The molecule has 7 heteroatoms. The molecule has 0 saturated heterocycles. The number of aryl methyl sites for hydroxylation is 1. The van der Waals surface area contributed by atoms with Crippen molar-refractivity contribution in [2.75, 3.05) is 18.5 Å². The van der Waals surface area contributed by atoms with Gasteiger partial charge in [-0.3, -0.25) is 4.79 Å². The summed E-state index contributed by atoms with van der Waals surface area (Å²) in [5.41, 5.74) is 1.92. The summed E-state index contributed by atoms with van der Waals surface area (Å²) in [6.45, 7) is 5.15. The van der Waals surface area contributed by atoms with E-state index < -0.39 is 0 Å². The number of H-pyrrole nitrogens is 1. The van der Waals surface area contributed by atoms with Crippen molar-refractivity contribution in [2.45, 2.75) is 52.1 Å². The number of urea groups is 1. The fourth-order valence-corrected chi connectivity index (χ4v) is 3.65. The van der Waals surface area contributed by atoms with Gasteiger partial charge in [0, 0.05) is 29.6 Å². The second-order valence-electron chi connectivity index (χ2n) is 7.57. The van der Waals surface area contributed by atoms with E-state index in [1.807, 2.05) is 19.1 Å². The highest BCUT2D eigenvalue weighted by Gasteiger charge is 2.21. The quantitative estimate of drug-likeness (QED) is 0.620. The molecule has 1 aromatic heterocycles. The third-order valence-electron chi connectivity index (χ3n) is 5.30. The molecule has 1 aliphatic rings. The fraction of sp³-hybridized carbons (Fsp3) is 0.500. The number of aromatic nitrogens is 2. The molecule has 1 aromatic carbocycles. The van der Waals surface area contributed by atoms with Gasteiger partial charge >= 0.3 is 6.03 Å². The van der Waals surface area contributed by atoms with Crippen LogP contribution in [0.3, 0.4) is 0 Å². The maximum Gasteiger partial charge on any atom is 0.319 e. The summed E-state index contributed by atoms with van der Waals surface area (Å²) in [6, 6.07) is 8.46. The van der Waals surface area contributed by atoms with Crippen LogP contribution in [-0.2, 0) is 11.2 Å². The lowest BCUT2D eigenvalue weighted by Gasteiger charge is -2.28. The summed E-state index contributed by atoms with van der Waals surface area (Å²) in [6.07, 6.45) is 5.82. The number of aromatic amines is 1. The highest BCUT2D eigenvalue weighted by atomic mass is 16.5. The molecule has 1 heterocycles. The molecule has 3 N–H and O–H groups in total. The number of carbonyl (C=O) groups excluding carboxylic acids is 1. The van der Waals surface area contributed by atoms with E-state index in [9.17, 15) is 9.59 Å².